The number of aromatic nitrogens is 2. The van der Waals surface area contributed by atoms with Crippen LogP contribution in [0.2, 0.25) is 0 Å². The molecule has 0 spiro atoms. The number of ketones is 2. The summed E-state index contributed by atoms with van der Waals surface area (Å²) in [5, 5.41) is 3.12. The number of carbonyl (C=O) groups is 2. The first-order chi connectivity index (χ1) is 13.0. The van der Waals surface area contributed by atoms with E-state index >= 15 is 0 Å². The number of nitrogens with one attached hydrogen (secondary N) is 1. The van der Waals surface area contributed by atoms with Crippen LogP contribution >= 0.6 is 0 Å². The summed E-state index contributed by atoms with van der Waals surface area (Å²) in [7, 11) is 2.13. The van der Waals surface area contributed by atoms with Gasteiger partial charge in [0.25, 0.3) is 0 Å². The molecule has 1 aromatic heterocycles. The van der Waals surface area contributed by atoms with E-state index < -0.39 is 0 Å². The van der Waals surface area contributed by atoms with Gasteiger partial charge in [-0.1, -0.05) is 0 Å². The Morgan fingerprint density at radius 2 is 1.70 bits per heavy atom. The molecule has 1 aliphatic heterocycles. The van der Waals surface area contributed by atoms with Crippen LogP contribution in [0.25, 0.3) is 0 Å². The Morgan fingerprint density at radius 1 is 1.00 bits per heavy atom. The highest BCUT2D eigenvalue weighted by Gasteiger charge is 2.31. The van der Waals surface area contributed by atoms with Crippen LogP contribution in [-0.2, 0) is 0 Å². The maximum Gasteiger partial charge on any atom is 0.213 e. The molecule has 2 aromatic rings. The molecule has 1 fully saturated rings. The van der Waals surface area contributed by atoms with Crippen molar-refractivity contribution in [3.05, 3.63) is 59.3 Å². The van der Waals surface area contributed by atoms with E-state index in [1.54, 1.807) is 6.92 Å². The molecule has 0 amide bonds. The number of likely N-dealkylation sites (N-methyl/N-ethyl adjacent to an activating group) is 1. The highest BCUT2D eigenvalue weighted by Crippen LogP contribution is 2.26. The van der Waals surface area contributed by atoms with E-state index in [1.165, 1.54) is 12.5 Å². The second-order valence-electron chi connectivity index (χ2n) is 6.91. The Labute approximate surface area is 157 Å². The Bertz CT molecular complexity index is 928. The molecule has 2 aliphatic rings. The number of allylic oxidation sites excluding steroid dienone is 2. The fourth-order valence-corrected chi connectivity index (χ4v) is 3.39. The van der Waals surface area contributed by atoms with Crippen molar-refractivity contribution in [1.82, 2.24) is 14.9 Å². The molecule has 1 aliphatic carbocycles. The minimum absolute atomic E-state index is 0.170. The number of rotatable bonds is 3. The molecule has 27 heavy (non-hydrogen) atoms. The van der Waals surface area contributed by atoms with Gasteiger partial charge in [0.05, 0.1) is 11.3 Å². The van der Waals surface area contributed by atoms with Crippen LogP contribution in [0.15, 0.2) is 48.1 Å². The lowest BCUT2D eigenvalue weighted by Crippen LogP contribution is -2.44. The van der Waals surface area contributed by atoms with Crippen LogP contribution in [0.3, 0.4) is 0 Å². The lowest BCUT2D eigenvalue weighted by molar-refractivity contribution is 0.0971. The van der Waals surface area contributed by atoms with E-state index in [9.17, 15) is 9.59 Å². The molecule has 0 unspecified atom stereocenters. The summed E-state index contributed by atoms with van der Waals surface area (Å²) in [6.07, 6.45) is 2.68. The van der Waals surface area contributed by atoms with Gasteiger partial charge in [0.1, 0.15) is 12.0 Å². The second kappa shape index (κ2) is 6.92. The third-order valence-electron chi connectivity index (χ3n) is 5.12. The predicted molar refractivity (Wildman–Crippen MR) is 103 cm³/mol. The minimum atomic E-state index is -0.258. The molecule has 0 bridgehead atoms. The smallest absolute Gasteiger partial charge is 0.213 e. The third-order valence-corrected chi connectivity index (χ3v) is 5.12. The second-order valence-corrected chi connectivity index (χ2v) is 6.91. The van der Waals surface area contributed by atoms with Crippen molar-refractivity contribution in [2.45, 2.75) is 6.92 Å². The Kier molecular flexibility index (Phi) is 4.45. The summed E-state index contributed by atoms with van der Waals surface area (Å²) in [5.74, 6) is -0.505. The Balaban J connectivity index is 1.55. The van der Waals surface area contributed by atoms with Crippen molar-refractivity contribution in [2.24, 2.45) is 0 Å². The zero-order valence-electron chi connectivity index (χ0n) is 15.4. The summed E-state index contributed by atoms with van der Waals surface area (Å²) in [4.78, 5) is 37.7. The zero-order chi connectivity index (χ0) is 19.0. The normalized spacial score (nSPS) is 17.9. The molecular formula is C20H21N5O2. The van der Waals surface area contributed by atoms with Crippen LogP contribution in [0.1, 0.15) is 27.8 Å². The number of hydrogen-bond acceptors (Lipinski definition) is 7. The molecule has 1 saturated heterocycles. The standard InChI is InChI=1S/C20H21N5O2/c1-13-17(20(27)16-11-21-12-22-18(16)19(13)26)23-14-3-5-15(6-4-14)25-9-7-24(2)8-10-25/h3-6,11-12,23H,7-10H2,1-2H3. The van der Waals surface area contributed by atoms with Gasteiger partial charge in [0.2, 0.25) is 11.6 Å². The van der Waals surface area contributed by atoms with Gasteiger partial charge in [0.15, 0.2) is 0 Å². The van der Waals surface area contributed by atoms with Crippen LogP contribution in [-0.4, -0.2) is 59.7 Å². The number of carbonyl (C=O) groups excluding carboxylic acids is 2. The Hall–Kier alpha value is -3.06. The molecule has 7 heteroatoms. The molecule has 1 aromatic carbocycles. The summed E-state index contributed by atoms with van der Waals surface area (Å²) < 4.78 is 0. The summed E-state index contributed by atoms with van der Waals surface area (Å²) in [6.45, 7) is 5.73. The number of fused-ring (bicyclic) bond motifs is 1. The van der Waals surface area contributed by atoms with E-state index in [2.05, 4.69) is 32.1 Å². The SMILES string of the molecule is CC1=C(Nc2ccc(N3CCN(C)CC3)cc2)C(=O)c2cncnc2C1=O. The van der Waals surface area contributed by atoms with Gasteiger partial charge in [-0.15, -0.1) is 0 Å². The maximum atomic E-state index is 12.8. The predicted octanol–water partition coefficient (Wildman–Crippen LogP) is 1.99. The number of nitrogens with zero attached hydrogens (tertiary/aromatic N) is 4. The highest BCUT2D eigenvalue weighted by atomic mass is 16.1. The van der Waals surface area contributed by atoms with Crippen LogP contribution < -0.4 is 10.2 Å². The minimum Gasteiger partial charge on any atom is -0.369 e. The Morgan fingerprint density at radius 3 is 2.41 bits per heavy atom. The van der Waals surface area contributed by atoms with Gasteiger partial charge >= 0.3 is 0 Å². The van der Waals surface area contributed by atoms with E-state index in [0.717, 1.165) is 37.6 Å². The average Bonchev–Trinajstić information content (AvgIpc) is 2.71. The largest absolute Gasteiger partial charge is 0.369 e. The summed E-state index contributed by atoms with van der Waals surface area (Å²) in [5.41, 5.74) is 2.99. The van der Waals surface area contributed by atoms with Gasteiger partial charge in [-0.2, -0.15) is 0 Å². The fourth-order valence-electron chi connectivity index (χ4n) is 3.39. The summed E-state index contributed by atoms with van der Waals surface area (Å²) in [6, 6.07) is 7.94. The van der Waals surface area contributed by atoms with Crippen LogP contribution in [0.4, 0.5) is 11.4 Å². The van der Waals surface area contributed by atoms with E-state index in [-0.39, 0.29) is 28.5 Å². The number of benzene rings is 1. The molecule has 2 heterocycles. The molecule has 0 saturated carbocycles. The zero-order valence-corrected chi connectivity index (χ0v) is 15.4. The van der Waals surface area contributed by atoms with Crippen LogP contribution in [0.5, 0.6) is 0 Å². The number of piperazine rings is 1. The lowest BCUT2D eigenvalue weighted by Gasteiger charge is -2.34. The fraction of sp³-hybridized carbons (Fsp3) is 0.300. The lowest BCUT2D eigenvalue weighted by atomic mass is 9.92. The molecule has 0 radical (unpaired) electrons. The molecule has 4 rings (SSSR count). The van der Waals surface area contributed by atoms with Gasteiger partial charge in [0, 0.05) is 49.3 Å². The van der Waals surface area contributed by atoms with Crippen molar-refractivity contribution in [3.8, 4) is 0 Å². The molecular weight excluding hydrogens is 342 g/mol. The van der Waals surface area contributed by atoms with Gasteiger partial charge in [-0.05, 0) is 38.2 Å². The topological polar surface area (TPSA) is 78.4 Å². The van der Waals surface area contributed by atoms with Crippen molar-refractivity contribution < 1.29 is 9.59 Å². The third kappa shape index (κ3) is 3.21. The quantitative estimate of drug-likeness (QED) is 0.893. The van der Waals surface area contributed by atoms with Crippen molar-refractivity contribution in [1.29, 1.82) is 0 Å². The first kappa shape index (κ1) is 17.4. The first-order valence-corrected chi connectivity index (χ1v) is 8.95. The van der Waals surface area contributed by atoms with Crippen molar-refractivity contribution in [2.75, 3.05) is 43.4 Å². The summed E-state index contributed by atoms with van der Waals surface area (Å²) >= 11 is 0. The molecule has 1 N–H and O–H groups in total. The average molecular weight is 363 g/mol. The molecule has 138 valence electrons. The van der Waals surface area contributed by atoms with Gasteiger partial charge in [-0.25, -0.2) is 9.97 Å². The van der Waals surface area contributed by atoms with E-state index in [1.807, 2.05) is 24.3 Å². The number of Topliss-reactive ketones (excluding diaryl/α,β-unsaturated/α-hetero) is 2. The van der Waals surface area contributed by atoms with Crippen LogP contribution in [0, 0.1) is 0 Å². The molecule has 7 nitrogen and oxygen atoms in total. The van der Waals surface area contributed by atoms with E-state index in [4.69, 9.17) is 0 Å². The number of hydrogen-bond donors (Lipinski definition) is 1. The van der Waals surface area contributed by atoms with Crippen molar-refractivity contribution >= 4 is 22.9 Å². The maximum absolute atomic E-state index is 12.8. The number of anilines is 2. The monoisotopic (exact) mass is 363 g/mol. The van der Waals surface area contributed by atoms with Crippen molar-refractivity contribution in [3.63, 3.8) is 0 Å². The van der Waals surface area contributed by atoms with Gasteiger partial charge in [-0.3, -0.25) is 9.59 Å². The highest BCUT2D eigenvalue weighted by molar-refractivity contribution is 6.26. The molecule has 0 atom stereocenters. The van der Waals surface area contributed by atoms with E-state index in [0.29, 0.717) is 5.57 Å². The van der Waals surface area contributed by atoms with Gasteiger partial charge < -0.3 is 15.1 Å². The first-order valence-electron chi connectivity index (χ1n) is 8.95.